The molecule has 0 aromatic carbocycles. The maximum Gasteiger partial charge on any atom is 0.108 e. The zero-order chi connectivity index (χ0) is 13.1. The molecule has 0 amide bonds. The van der Waals surface area contributed by atoms with Gasteiger partial charge in [-0.25, -0.2) is 0 Å². The molecule has 1 aromatic rings. The first-order valence-corrected chi connectivity index (χ1v) is 6.27. The Morgan fingerprint density at radius 1 is 1.28 bits per heavy atom. The number of pyridine rings is 1. The molecule has 0 bridgehead atoms. The lowest BCUT2D eigenvalue weighted by Crippen LogP contribution is -2.60. The standard InChI is InChI=1S/C13H20N2O3/c1-9-12(17)13(18)11(16)8-15(9)7-5-10-4-2-3-6-14-10/h2-4,6,9,11-13,16-18H,5,7-8H2,1H3/t9-,11+,12-,13-/m1/s1. The van der Waals surface area contributed by atoms with Crippen LogP contribution in [0.2, 0.25) is 0 Å². The monoisotopic (exact) mass is 252 g/mol. The minimum Gasteiger partial charge on any atom is -0.389 e. The van der Waals surface area contributed by atoms with Crippen molar-refractivity contribution in [3.05, 3.63) is 30.1 Å². The third-order valence-corrected chi connectivity index (χ3v) is 3.62. The molecule has 1 aliphatic rings. The van der Waals surface area contributed by atoms with Crippen LogP contribution in [0.25, 0.3) is 0 Å². The molecule has 1 fully saturated rings. The SMILES string of the molecule is C[C@@H]1[C@@H](O)[C@H](O)[C@@H](O)CN1CCc1ccccn1. The van der Waals surface area contributed by atoms with Gasteiger partial charge in [-0.2, -0.15) is 0 Å². The third-order valence-electron chi connectivity index (χ3n) is 3.62. The Morgan fingerprint density at radius 2 is 2.06 bits per heavy atom. The van der Waals surface area contributed by atoms with Crippen LogP contribution in [0, 0.1) is 0 Å². The van der Waals surface area contributed by atoms with Gasteiger partial charge in [0.2, 0.25) is 0 Å². The minimum absolute atomic E-state index is 0.160. The van der Waals surface area contributed by atoms with Crippen molar-refractivity contribution in [2.24, 2.45) is 0 Å². The number of rotatable bonds is 3. The Bertz CT molecular complexity index is 374. The van der Waals surface area contributed by atoms with Crippen LogP contribution >= 0.6 is 0 Å². The van der Waals surface area contributed by atoms with E-state index in [2.05, 4.69) is 4.98 Å². The molecular formula is C13H20N2O3. The van der Waals surface area contributed by atoms with Crippen LogP contribution < -0.4 is 0 Å². The molecule has 0 aliphatic carbocycles. The summed E-state index contributed by atoms with van der Waals surface area (Å²) in [6.45, 7) is 2.95. The molecule has 5 heteroatoms. The number of hydrogen-bond acceptors (Lipinski definition) is 5. The average Bonchev–Trinajstić information content (AvgIpc) is 2.40. The van der Waals surface area contributed by atoms with Crippen molar-refractivity contribution in [2.45, 2.75) is 37.7 Å². The van der Waals surface area contributed by atoms with Crippen LogP contribution in [0.15, 0.2) is 24.4 Å². The van der Waals surface area contributed by atoms with Gasteiger partial charge in [0.05, 0.1) is 12.2 Å². The van der Waals surface area contributed by atoms with Crippen molar-refractivity contribution in [3.8, 4) is 0 Å². The van der Waals surface area contributed by atoms with Gasteiger partial charge in [0.1, 0.15) is 6.10 Å². The normalized spacial score (nSPS) is 33.6. The van der Waals surface area contributed by atoms with Crippen LogP contribution in [0.5, 0.6) is 0 Å². The van der Waals surface area contributed by atoms with E-state index in [1.807, 2.05) is 30.0 Å². The third kappa shape index (κ3) is 2.87. The van der Waals surface area contributed by atoms with Gasteiger partial charge in [-0.05, 0) is 19.1 Å². The molecule has 18 heavy (non-hydrogen) atoms. The fourth-order valence-electron chi connectivity index (χ4n) is 2.34. The Hall–Kier alpha value is -1.01. The highest BCUT2D eigenvalue weighted by atomic mass is 16.4. The van der Waals surface area contributed by atoms with E-state index in [1.54, 1.807) is 6.20 Å². The second-order valence-corrected chi connectivity index (χ2v) is 4.86. The number of aliphatic hydroxyl groups excluding tert-OH is 3. The molecule has 0 unspecified atom stereocenters. The van der Waals surface area contributed by atoms with Crippen LogP contribution in [-0.4, -0.2) is 62.6 Å². The van der Waals surface area contributed by atoms with Gasteiger partial charge in [0.25, 0.3) is 0 Å². The molecule has 100 valence electrons. The number of aromatic nitrogens is 1. The molecule has 4 atom stereocenters. The number of piperidine rings is 1. The molecule has 1 aromatic heterocycles. The van der Waals surface area contributed by atoms with E-state index >= 15 is 0 Å². The van der Waals surface area contributed by atoms with Gasteiger partial charge in [0, 0.05) is 37.4 Å². The average molecular weight is 252 g/mol. The van der Waals surface area contributed by atoms with Crippen molar-refractivity contribution in [2.75, 3.05) is 13.1 Å². The number of nitrogens with zero attached hydrogens (tertiary/aromatic N) is 2. The first kappa shape index (κ1) is 13.4. The van der Waals surface area contributed by atoms with E-state index in [9.17, 15) is 15.3 Å². The molecule has 0 spiro atoms. The molecule has 3 N–H and O–H groups in total. The van der Waals surface area contributed by atoms with Crippen LogP contribution in [0.4, 0.5) is 0 Å². The predicted molar refractivity (Wildman–Crippen MR) is 67.0 cm³/mol. The fraction of sp³-hybridized carbons (Fsp3) is 0.615. The zero-order valence-electron chi connectivity index (χ0n) is 10.5. The smallest absolute Gasteiger partial charge is 0.108 e. The Labute approximate surface area is 107 Å². The van der Waals surface area contributed by atoms with Crippen molar-refractivity contribution < 1.29 is 15.3 Å². The maximum atomic E-state index is 9.82. The zero-order valence-corrected chi connectivity index (χ0v) is 10.5. The minimum atomic E-state index is -1.05. The van der Waals surface area contributed by atoms with Crippen molar-refractivity contribution in [3.63, 3.8) is 0 Å². The van der Waals surface area contributed by atoms with Gasteiger partial charge < -0.3 is 15.3 Å². The van der Waals surface area contributed by atoms with Crippen LogP contribution in [0.1, 0.15) is 12.6 Å². The van der Waals surface area contributed by atoms with Crippen molar-refractivity contribution in [1.29, 1.82) is 0 Å². The maximum absolute atomic E-state index is 9.82. The molecule has 5 nitrogen and oxygen atoms in total. The van der Waals surface area contributed by atoms with Crippen LogP contribution in [0.3, 0.4) is 0 Å². The van der Waals surface area contributed by atoms with E-state index in [0.717, 1.165) is 12.1 Å². The van der Waals surface area contributed by atoms with Crippen molar-refractivity contribution in [1.82, 2.24) is 9.88 Å². The first-order valence-electron chi connectivity index (χ1n) is 6.27. The van der Waals surface area contributed by atoms with Crippen LogP contribution in [-0.2, 0) is 6.42 Å². The summed E-state index contributed by atoms with van der Waals surface area (Å²) in [4.78, 5) is 6.22. The lowest BCUT2D eigenvalue weighted by Gasteiger charge is -2.42. The molecule has 2 heterocycles. The Balaban J connectivity index is 1.93. The van der Waals surface area contributed by atoms with Gasteiger partial charge in [-0.1, -0.05) is 6.07 Å². The fourth-order valence-corrected chi connectivity index (χ4v) is 2.34. The number of aliphatic hydroxyl groups is 3. The van der Waals surface area contributed by atoms with Gasteiger partial charge in [-0.15, -0.1) is 0 Å². The Morgan fingerprint density at radius 3 is 2.72 bits per heavy atom. The van der Waals surface area contributed by atoms with E-state index in [4.69, 9.17) is 0 Å². The van der Waals surface area contributed by atoms with Crippen molar-refractivity contribution >= 4 is 0 Å². The first-order chi connectivity index (χ1) is 8.59. The topological polar surface area (TPSA) is 76.8 Å². The number of likely N-dealkylation sites (tertiary alicyclic amines) is 1. The summed E-state index contributed by atoms with van der Waals surface area (Å²) < 4.78 is 0. The predicted octanol–water partition coefficient (Wildman–Crippen LogP) is -0.589. The molecule has 1 aliphatic heterocycles. The summed E-state index contributed by atoms with van der Waals surface area (Å²) in [5.41, 5.74) is 0.986. The lowest BCUT2D eigenvalue weighted by atomic mass is 9.95. The van der Waals surface area contributed by atoms with Gasteiger partial charge in [0.15, 0.2) is 0 Å². The molecular weight excluding hydrogens is 232 g/mol. The highest BCUT2D eigenvalue weighted by Gasteiger charge is 2.38. The van der Waals surface area contributed by atoms with E-state index < -0.39 is 18.3 Å². The van der Waals surface area contributed by atoms with E-state index in [1.165, 1.54) is 0 Å². The summed E-state index contributed by atoms with van der Waals surface area (Å²) in [6, 6.07) is 5.61. The summed E-state index contributed by atoms with van der Waals surface area (Å²) >= 11 is 0. The summed E-state index contributed by atoms with van der Waals surface area (Å²) in [7, 11) is 0. The lowest BCUT2D eigenvalue weighted by molar-refractivity contribution is -0.132. The van der Waals surface area contributed by atoms with Gasteiger partial charge >= 0.3 is 0 Å². The highest BCUT2D eigenvalue weighted by molar-refractivity contribution is 5.04. The molecule has 1 saturated heterocycles. The molecule has 2 rings (SSSR count). The number of hydrogen-bond donors (Lipinski definition) is 3. The second kappa shape index (κ2) is 5.75. The second-order valence-electron chi connectivity index (χ2n) is 4.86. The van der Waals surface area contributed by atoms with E-state index in [0.29, 0.717) is 13.1 Å². The van der Waals surface area contributed by atoms with Gasteiger partial charge in [-0.3, -0.25) is 9.88 Å². The largest absolute Gasteiger partial charge is 0.389 e. The summed E-state index contributed by atoms with van der Waals surface area (Å²) in [5, 5.41) is 29.1. The quantitative estimate of drug-likeness (QED) is 0.670. The molecule has 0 saturated carbocycles. The molecule has 0 radical (unpaired) electrons. The highest BCUT2D eigenvalue weighted by Crippen LogP contribution is 2.18. The Kier molecular flexibility index (Phi) is 4.29. The summed E-state index contributed by atoms with van der Waals surface area (Å²) in [5.74, 6) is 0. The number of β-amino-alcohol motifs (C(OH)–C–C–N with tert-alkyl or cyclic N) is 1. The van der Waals surface area contributed by atoms with E-state index in [-0.39, 0.29) is 6.04 Å². The summed E-state index contributed by atoms with van der Waals surface area (Å²) in [6.07, 6.45) is -0.327.